The van der Waals surface area contributed by atoms with Crippen molar-refractivity contribution in [2.24, 2.45) is 5.73 Å². The van der Waals surface area contributed by atoms with Gasteiger partial charge in [-0.25, -0.2) is 9.78 Å². The summed E-state index contributed by atoms with van der Waals surface area (Å²) in [4.78, 5) is 62.2. The number of nitrogens with zero attached hydrogens (tertiary/aromatic N) is 1. The molecular weight excluding hydrogens is 598 g/mol. The van der Waals surface area contributed by atoms with Crippen molar-refractivity contribution < 1.29 is 29.4 Å². The van der Waals surface area contributed by atoms with Crippen LogP contribution in [0.4, 0.5) is 0 Å². The first-order chi connectivity index (χ1) is 21.6. The molecule has 2 aromatic carbocycles. The number of amides is 3. The lowest BCUT2D eigenvalue weighted by molar-refractivity contribution is -0.142. The van der Waals surface area contributed by atoms with Crippen LogP contribution in [0, 0.1) is 0 Å². The Morgan fingerprint density at radius 3 is 2.27 bits per heavy atom. The number of nitrogens with one attached hydrogen (secondary N) is 5. The molecule has 0 aliphatic carbocycles. The normalized spacial score (nSPS) is 13.8. The molecule has 0 saturated carbocycles. The second kappa shape index (κ2) is 15.8. The van der Waals surface area contributed by atoms with Crippen LogP contribution in [0.25, 0.3) is 10.9 Å². The Morgan fingerprint density at radius 1 is 0.889 bits per heavy atom. The molecular formula is C31H37N7O6S. The van der Waals surface area contributed by atoms with Crippen molar-refractivity contribution in [1.29, 1.82) is 0 Å². The lowest BCUT2D eigenvalue weighted by Gasteiger charge is -2.25. The summed E-state index contributed by atoms with van der Waals surface area (Å²) in [6.45, 7) is 0. The number of phenolic OH excluding ortho intramolecular Hbond substituents is 1. The van der Waals surface area contributed by atoms with E-state index >= 15 is 0 Å². The lowest BCUT2D eigenvalue weighted by Crippen LogP contribution is -2.58. The summed E-state index contributed by atoms with van der Waals surface area (Å²) < 4.78 is 0. The standard InChI is InChI=1S/C31H37N7O6S/c1-45-11-10-25(36-28(40)23(32)13-19-15-34-24-5-3-2-4-22(19)24)29(41)37-26(14-20-16-33-17-35-20)30(42)38-27(31(43)44)12-18-6-8-21(39)9-7-18/h2-9,15-17,23,25-27,34,39H,10-14,32H2,1H3,(H,33,35)(H,36,40)(H,37,41)(H,38,42)(H,43,44)/t23-,25-,26-,27-/m0/s1. The first-order valence-corrected chi connectivity index (χ1v) is 15.7. The van der Waals surface area contributed by atoms with Crippen LogP contribution in [0.2, 0.25) is 0 Å². The number of aromatic amines is 2. The van der Waals surface area contributed by atoms with Crippen LogP contribution in [-0.4, -0.2) is 85.0 Å². The smallest absolute Gasteiger partial charge is 0.326 e. The number of phenols is 1. The van der Waals surface area contributed by atoms with Crippen LogP contribution in [-0.2, 0) is 38.4 Å². The predicted octanol–water partition coefficient (Wildman–Crippen LogP) is 1.24. The minimum atomic E-state index is -1.31. The number of para-hydroxylation sites is 1. The van der Waals surface area contributed by atoms with Gasteiger partial charge in [-0.15, -0.1) is 0 Å². The number of carbonyl (C=O) groups excluding carboxylic acids is 3. The first-order valence-electron chi connectivity index (χ1n) is 14.3. The summed E-state index contributed by atoms with van der Waals surface area (Å²) in [5, 5.41) is 28.3. The van der Waals surface area contributed by atoms with E-state index in [-0.39, 0.29) is 31.4 Å². The Morgan fingerprint density at radius 2 is 1.58 bits per heavy atom. The van der Waals surface area contributed by atoms with Crippen molar-refractivity contribution in [3.63, 3.8) is 0 Å². The van der Waals surface area contributed by atoms with E-state index in [0.717, 1.165) is 16.5 Å². The maximum absolute atomic E-state index is 13.6. The molecule has 4 aromatic rings. The monoisotopic (exact) mass is 635 g/mol. The molecule has 2 aromatic heterocycles. The Bertz CT molecular complexity index is 1590. The third-order valence-corrected chi connectivity index (χ3v) is 7.94. The number of aliphatic carboxylic acids is 1. The highest BCUT2D eigenvalue weighted by molar-refractivity contribution is 7.98. The highest BCUT2D eigenvalue weighted by atomic mass is 32.2. The summed E-state index contributed by atoms with van der Waals surface area (Å²) in [7, 11) is 0. The molecule has 238 valence electrons. The molecule has 9 N–H and O–H groups in total. The van der Waals surface area contributed by atoms with E-state index < -0.39 is 47.9 Å². The first kappa shape index (κ1) is 33.1. The zero-order valence-corrected chi connectivity index (χ0v) is 25.5. The number of imidazole rings is 1. The number of carbonyl (C=O) groups is 4. The van der Waals surface area contributed by atoms with Gasteiger partial charge in [0, 0.05) is 41.8 Å². The van der Waals surface area contributed by atoms with Crippen molar-refractivity contribution in [1.82, 2.24) is 30.9 Å². The van der Waals surface area contributed by atoms with Crippen molar-refractivity contribution in [2.75, 3.05) is 12.0 Å². The molecule has 4 rings (SSSR count). The Labute approximate surface area is 263 Å². The van der Waals surface area contributed by atoms with Gasteiger partial charge in [0.1, 0.15) is 23.9 Å². The molecule has 13 nitrogen and oxygen atoms in total. The van der Waals surface area contributed by atoms with Crippen LogP contribution in [0.5, 0.6) is 5.75 Å². The number of hydrogen-bond acceptors (Lipinski definition) is 8. The fourth-order valence-corrected chi connectivity index (χ4v) is 5.32. The molecule has 45 heavy (non-hydrogen) atoms. The molecule has 0 fully saturated rings. The number of carboxylic acid groups (broad SMARTS) is 1. The molecule has 0 bridgehead atoms. The average Bonchev–Trinajstić information content (AvgIpc) is 3.69. The molecule has 14 heteroatoms. The van der Waals surface area contributed by atoms with Gasteiger partial charge in [-0.2, -0.15) is 11.8 Å². The summed E-state index contributed by atoms with van der Waals surface area (Å²) in [6, 6.07) is 9.20. The molecule has 0 aliphatic rings. The van der Waals surface area contributed by atoms with Crippen molar-refractivity contribution >= 4 is 46.4 Å². The zero-order valence-electron chi connectivity index (χ0n) is 24.7. The average molecular weight is 636 g/mol. The number of thioether (sulfide) groups is 1. The molecule has 0 spiro atoms. The minimum Gasteiger partial charge on any atom is -0.508 e. The van der Waals surface area contributed by atoms with Crippen LogP contribution in [0.3, 0.4) is 0 Å². The van der Waals surface area contributed by atoms with Crippen LogP contribution < -0.4 is 21.7 Å². The third kappa shape index (κ3) is 9.33. The Hall–Kier alpha value is -4.82. The van der Waals surface area contributed by atoms with Crippen molar-refractivity contribution in [3.05, 3.63) is 84.1 Å². The molecule has 0 unspecified atom stereocenters. The largest absolute Gasteiger partial charge is 0.508 e. The molecule has 2 heterocycles. The SMILES string of the molecule is CSCC[C@H](NC(=O)[C@@H](N)Cc1c[nH]c2ccccc12)C(=O)N[C@@H](Cc1cnc[nH]1)C(=O)N[C@@H](Cc1ccc(O)cc1)C(=O)O. The Kier molecular flexibility index (Phi) is 11.6. The van der Waals surface area contributed by atoms with Gasteiger partial charge >= 0.3 is 5.97 Å². The number of H-pyrrole nitrogens is 2. The molecule has 0 radical (unpaired) electrons. The van der Waals surface area contributed by atoms with Gasteiger partial charge in [0.05, 0.1) is 12.4 Å². The highest BCUT2D eigenvalue weighted by Crippen LogP contribution is 2.19. The number of aromatic nitrogens is 3. The van der Waals surface area contributed by atoms with E-state index in [1.54, 1.807) is 18.3 Å². The maximum Gasteiger partial charge on any atom is 0.326 e. The number of nitrogens with two attached hydrogens (primary N) is 1. The molecule has 3 amide bonds. The molecule has 4 atom stereocenters. The predicted molar refractivity (Wildman–Crippen MR) is 171 cm³/mol. The zero-order chi connectivity index (χ0) is 32.3. The van der Waals surface area contributed by atoms with E-state index in [4.69, 9.17) is 5.73 Å². The molecule has 0 aliphatic heterocycles. The second-order valence-corrected chi connectivity index (χ2v) is 11.6. The van der Waals surface area contributed by atoms with Gasteiger partial charge in [0.25, 0.3) is 0 Å². The maximum atomic E-state index is 13.6. The molecule has 0 saturated heterocycles. The summed E-state index contributed by atoms with van der Waals surface area (Å²) in [5.74, 6) is -2.55. The number of hydrogen-bond donors (Lipinski definition) is 8. The highest BCUT2D eigenvalue weighted by Gasteiger charge is 2.31. The quantitative estimate of drug-likeness (QED) is 0.0888. The summed E-state index contributed by atoms with van der Waals surface area (Å²) >= 11 is 1.49. The third-order valence-electron chi connectivity index (χ3n) is 7.30. The van der Waals surface area contributed by atoms with Crippen molar-refractivity contribution in [2.45, 2.75) is 49.9 Å². The number of benzene rings is 2. The second-order valence-electron chi connectivity index (χ2n) is 10.6. The summed E-state index contributed by atoms with van der Waals surface area (Å²) in [6.07, 6.45) is 7.06. The van der Waals surface area contributed by atoms with E-state index in [2.05, 4.69) is 30.9 Å². The van der Waals surface area contributed by atoms with E-state index in [9.17, 15) is 29.4 Å². The van der Waals surface area contributed by atoms with E-state index in [0.29, 0.717) is 17.0 Å². The van der Waals surface area contributed by atoms with Gasteiger partial charge in [-0.05, 0) is 54.2 Å². The van der Waals surface area contributed by atoms with Crippen LogP contribution in [0.1, 0.15) is 23.2 Å². The van der Waals surface area contributed by atoms with Crippen LogP contribution in [0.15, 0.2) is 67.3 Å². The topological polar surface area (TPSA) is 215 Å². The fraction of sp³-hybridized carbons (Fsp3) is 0.323. The number of carboxylic acids is 1. The summed E-state index contributed by atoms with van der Waals surface area (Å²) in [5.41, 5.74) is 9.17. The van der Waals surface area contributed by atoms with E-state index in [1.807, 2.05) is 30.5 Å². The number of aromatic hydroxyl groups is 1. The number of fused-ring (bicyclic) bond motifs is 1. The van der Waals surface area contributed by atoms with Gasteiger partial charge < -0.3 is 41.9 Å². The van der Waals surface area contributed by atoms with Crippen molar-refractivity contribution in [3.8, 4) is 5.75 Å². The van der Waals surface area contributed by atoms with Gasteiger partial charge in [0.2, 0.25) is 17.7 Å². The minimum absolute atomic E-state index is 0.00755. The van der Waals surface area contributed by atoms with Crippen LogP contribution >= 0.6 is 11.8 Å². The fourth-order valence-electron chi connectivity index (χ4n) is 4.85. The van der Waals surface area contributed by atoms with Gasteiger partial charge in [0.15, 0.2) is 0 Å². The Balaban J connectivity index is 1.46. The lowest BCUT2D eigenvalue weighted by atomic mass is 10.0. The van der Waals surface area contributed by atoms with Gasteiger partial charge in [-0.1, -0.05) is 30.3 Å². The number of rotatable bonds is 16. The van der Waals surface area contributed by atoms with E-state index in [1.165, 1.54) is 36.4 Å². The van der Waals surface area contributed by atoms with Gasteiger partial charge in [-0.3, -0.25) is 14.4 Å².